The second-order valence-corrected chi connectivity index (χ2v) is 2.58. The molecular formula is C8H17N5O2. The number of anilines is 1. The first-order chi connectivity index (χ1) is 7.08. The highest BCUT2D eigenvalue weighted by molar-refractivity contribution is 5.93. The highest BCUT2D eigenvalue weighted by Gasteiger charge is 2.13. The molecule has 0 amide bonds. The Labute approximate surface area is 88.3 Å². The summed E-state index contributed by atoms with van der Waals surface area (Å²) in [5.74, 6) is 4.50. The van der Waals surface area contributed by atoms with Crippen LogP contribution in [0.1, 0.15) is 17.3 Å². The van der Waals surface area contributed by atoms with E-state index in [1.807, 2.05) is 0 Å². The molecule has 86 valence electrons. The molecule has 0 aliphatic heterocycles. The second kappa shape index (κ2) is 6.80. The Kier molecular flexibility index (Phi) is 6.07. The SMILES string of the molecule is CCOC(=O)c1cnn(C)c1N.CNN. The molecule has 0 saturated carbocycles. The van der Waals surface area contributed by atoms with Crippen LogP contribution in [-0.2, 0) is 11.8 Å². The number of ether oxygens (including phenoxy) is 1. The van der Waals surface area contributed by atoms with E-state index in [1.54, 1.807) is 21.0 Å². The summed E-state index contributed by atoms with van der Waals surface area (Å²) < 4.78 is 6.17. The molecule has 1 aromatic rings. The number of nitrogens with two attached hydrogens (primary N) is 2. The minimum absolute atomic E-state index is 0.319. The van der Waals surface area contributed by atoms with Crippen molar-refractivity contribution in [3.05, 3.63) is 11.8 Å². The van der Waals surface area contributed by atoms with Gasteiger partial charge in [-0.25, -0.2) is 4.79 Å². The molecule has 0 bridgehead atoms. The normalized spacial score (nSPS) is 9.07. The molecule has 0 fully saturated rings. The molecule has 1 heterocycles. The number of aryl methyl sites for hydroxylation is 1. The number of nitrogen functional groups attached to an aromatic ring is 1. The molecule has 7 heteroatoms. The zero-order valence-electron chi connectivity index (χ0n) is 9.15. The fraction of sp³-hybridized carbons (Fsp3) is 0.500. The number of nitrogens with zero attached hydrogens (tertiary/aromatic N) is 2. The van der Waals surface area contributed by atoms with Gasteiger partial charge in [0.2, 0.25) is 0 Å². The van der Waals surface area contributed by atoms with Crippen LogP contribution in [0.25, 0.3) is 0 Å². The van der Waals surface area contributed by atoms with E-state index in [0.29, 0.717) is 18.0 Å². The third kappa shape index (κ3) is 3.96. The topological polar surface area (TPSA) is 108 Å². The van der Waals surface area contributed by atoms with Gasteiger partial charge in [-0.2, -0.15) is 5.10 Å². The van der Waals surface area contributed by atoms with Crippen LogP contribution in [0.2, 0.25) is 0 Å². The van der Waals surface area contributed by atoms with Crippen LogP contribution in [-0.4, -0.2) is 29.4 Å². The standard InChI is InChI=1S/C7H11N3O2.CH6N2/c1-3-12-7(11)5-4-9-10(2)6(5)8;1-3-2/h4H,3,8H2,1-2H3;3H,2H2,1H3. The Balaban J connectivity index is 0.000000583. The third-order valence-corrected chi connectivity index (χ3v) is 1.48. The first-order valence-electron chi connectivity index (χ1n) is 4.40. The van der Waals surface area contributed by atoms with E-state index < -0.39 is 5.97 Å². The number of hydrogen-bond acceptors (Lipinski definition) is 6. The number of rotatable bonds is 2. The van der Waals surface area contributed by atoms with Crippen molar-refractivity contribution in [2.45, 2.75) is 6.92 Å². The molecule has 0 aliphatic rings. The van der Waals surface area contributed by atoms with Gasteiger partial charge in [0.1, 0.15) is 11.4 Å². The summed E-state index contributed by atoms with van der Waals surface area (Å²) in [5.41, 5.74) is 8.10. The molecule has 5 N–H and O–H groups in total. The van der Waals surface area contributed by atoms with E-state index in [0.717, 1.165) is 0 Å². The van der Waals surface area contributed by atoms with E-state index in [9.17, 15) is 4.79 Å². The van der Waals surface area contributed by atoms with Crippen molar-refractivity contribution in [1.82, 2.24) is 15.2 Å². The van der Waals surface area contributed by atoms with Crippen molar-refractivity contribution >= 4 is 11.8 Å². The van der Waals surface area contributed by atoms with Crippen LogP contribution in [0, 0.1) is 0 Å². The van der Waals surface area contributed by atoms with Crippen molar-refractivity contribution in [2.24, 2.45) is 12.9 Å². The number of nitrogens with one attached hydrogen (secondary N) is 1. The summed E-state index contributed by atoms with van der Waals surface area (Å²) in [4.78, 5) is 11.1. The van der Waals surface area contributed by atoms with Gasteiger partial charge in [-0.3, -0.25) is 16.0 Å². The molecule has 0 aliphatic carbocycles. The molecule has 0 aromatic carbocycles. The molecule has 0 saturated heterocycles. The minimum atomic E-state index is -0.428. The number of carbonyl (C=O) groups is 1. The summed E-state index contributed by atoms with van der Waals surface area (Å²) in [6, 6.07) is 0. The van der Waals surface area contributed by atoms with Crippen LogP contribution >= 0.6 is 0 Å². The van der Waals surface area contributed by atoms with Crippen LogP contribution in [0.15, 0.2) is 6.20 Å². The van der Waals surface area contributed by atoms with Gasteiger partial charge in [-0.1, -0.05) is 0 Å². The lowest BCUT2D eigenvalue weighted by Crippen LogP contribution is -2.13. The number of aromatic nitrogens is 2. The Morgan fingerprint density at radius 3 is 2.60 bits per heavy atom. The van der Waals surface area contributed by atoms with E-state index in [2.05, 4.69) is 16.4 Å². The Morgan fingerprint density at radius 2 is 2.27 bits per heavy atom. The summed E-state index contributed by atoms with van der Waals surface area (Å²) in [6.07, 6.45) is 1.40. The molecule has 1 rings (SSSR count). The lowest BCUT2D eigenvalue weighted by atomic mass is 10.3. The Bertz CT molecular complexity index is 310. The molecular weight excluding hydrogens is 198 g/mol. The van der Waals surface area contributed by atoms with E-state index in [-0.39, 0.29) is 0 Å². The highest BCUT2D eigenvalue weighted by atomic mass is 16.5. The fourth-order valence-electron chi connectivity index (χ4n) is 0.813. The Hall–Kier alpha value is -1.60. The molecule has 7 nitrogen and oxygen atoms in total. The average molecular weight is 215 g/mol. The number of hydrazine groups is 1. The average Bonchev–Trinajstić information content (AvgIpc) is 2.49. The zero-order chi connectivity index (χ0) is 11.8. The van der Waals surface area contributed by atoms with E-state index in [4.69, 9.17) is 10.5 Å². The molecule has 0 radical (unpaired) electrons. The van der Waals surface area contributed by atoms with Gasteiger partial charge >= 0.3 is 5.97 Å². The van der Waals surface area contributed by atoms with Crippen molar-refractivity contribution < 1.29 is 9.53 Å². The van der Waals surface area contributed by atoms with Crippen LogP contribution in [0.4, 0.5) is 5.82 Å². The summed E-state index contributed by atoms with van der Waals surface area (Å²) >= 11 is 0. The van der Waals surface area contributed by atoms with E-state index in [1.165, 1.54) is 10.9 Å². The van der Waals surface area contributed by atoms with Crippen molar-refractivity contribution in [1.29, 1.82) is 0 Å². The number of hydrogen-bond donors (Lipinski definition) is 3. The third-order valence-electron chi connectivity index (χ3n) is 1.48. The van der Waals surface area contributed by atoms with Gasteiger partial charge in [0.25, 0.3) is 0 Å². The number of carbonyl (C=O) groups excluding carboxylic acids is 1. The predicted octanol–water partition coefficient (Wildman–Crippen LogP) is -0.741. The first kappa shape index (κ1) is 13.4. The van der Waals surface area contributed by atoms with Gasteiger partial charge in [-0.15, -0.1) is 0 Å². The highest BCUT2D eigenvalue weighted by Crippen LogP contribution is 2.10. The molecule has 0 spiro atoms. The molecule has 15 heavy (non-hydrogen) atoms. The van der Waals surface area contributed by atoms with Crippen LogP contribution in [0.5, 0.6) is 0 Å². The van der Waals surface area contributed by atoms with E-state index >= 15 is 0 Å². The van der Waals surface area contributed by atoms with Gasteiger partial charge in [0.05, 0.1) is 12.8 Å². The summed E-state index contributed by atoms with van der Waals surface area (Å²) in [6.45, 7) is 2.08. The maximum absolute atomic E-state index is 11.1. The smallest absolute Gasteiger partial charge is 0.343 e. The molecule has 1 aromatic heterocycles. The van der Waals surface area contributed by atoms with Gasteiger partial charge < -0.3 is 10.5 Å². The Morgan fingerprint density at radius 1 is 1.73 bits per heavy atom. The van der Waals surface area contributed by atoms with Crippen LogP contribution in [0.3, 0.4) is 0 Å². The van der Waals surface area contributed by atoms with Gasteiger partial charge in [-0.05, 0) is 14.0 Å². The molecule has 0 atom stereocenters. The predicted molar refractivity (Wildman–Crippen MR) is 56.8 cm³/mol. The van der Waals surface area contributed by atoms with Gasteiger partial charge in [0, 0.05) is 7.05 Å². The lowest BCUT2D eigenvalue weighted by Gasteiger charge is -1.99. The first-order valence-corrected chi connectivity index (χ1v) is 4.40. The quantitative estimate of drug-likeness (QED) is 0.340. The monoisotopic (exact) mass is 215 g/mol. The zero-order valence-corrected chi connectivity index (χ0v) is 9.15. The fourth-order valence-corrected chi connectivity index (χ4v) is 0.813. The summed E-state index contributed by atoms with van der Waals surface area (Å²) in [7, 11) is 3.32. The van der Waals surface area contributed by atoms with Crippen molar-refractivity contribution in [3.8, 4) is 0 Å². The second-order valence-electron chi connectivity index (χ2n) is 2.58. The molecule has 0 unspecified atom stereocenters. The van der Waals surface area contributed by atoms with Gasteiger partial charge in [0.15, 0.2) is 0 Å². The van der Waals surface area contributed by atoms with Crippen molar-refractivity contribution in [3.63, 3.8) is 0 Å². The largest absolute Gasteiger partial charge is 0.462 e. The maximum Gasteiger partial charge on any atom is 0.343 e. The number of esters is 1. The minimum Gasteiger partial charge on any atom is -0.462 e. The van der Waals surface area contributed by atoms with Crippen LogP contribution < -0.4 is 17.0 Å². The lowest BCUT2D eigenvalue weighted by molar-refractivity contribution is 0.0527. The van der Waals surface area contributed by atoms with Crippen molar-refractivity contribution in [2.75, 3.05) is 19.4 Å². The summed E-state index contributed by atoms with van der Waals surface area (Å²) in [5, 5.41) is 3.81. The maximum atomic E-state index is 11.1.